The fourth-order valence-electron chi connectivity index (χ4n) is 4.67. The molecule has 1 heterocycles. The summed E-state index contributed by atoms with van der Waals surface area (Å²) >= 11 is 1.39. The molecule has 0 fully saturated rings. The lowest BCUT2D eigenvalue weighted by molar-refractivity contribution is 1.28. The number of nitriles is 4. The maximum atomic E-state index is 9.86. The zero-order valence-corrected chi connectivity index (χ0v) is 23.1. The van der Waals surface area contributed by atoms with Gasteiger partial charge in [0.05, 0.1) is 0 Å². The Morgan fingerprint density at radius 3 is 1.43 bits per heavy atom. The number of anilines is 3. The molecule has 0 saturated carbocycles. The number of nitrogens with zero attached hydrogens (tertiary/aromatic N) is 5. The van der Waals surface area contributed by atoms with Crippen LogP contribution in [-0.4, -0.2) is 0 Å². The Labute approximate surface area is 248 Å². The van der Waals surface area contributed by atoms with Crippen LogP contribution in [0.3, 0.4) is 0 Å². The molecule has 0 aliphatic carbocycles. The summed E-state index contributed by atoms with van der Waals surface area (Å²) in [5.74, 6) is 0. The van der Waals surface area contributed by atoms with Crippen LogP contribution in [0.1, 0.15) is 10.4 Å². The van der Waals surface area contributed by atoms with Gasteiger partial charge in [-0.15, -0.1) is 11.3 Å². The van der Waals surface area contributed by atoms with Crippen molar-refractivity contribution in [3.63, 3.8) is 0 Å². The third-order valence-corrected chi connectivity index (χ3v) is 7.70. The smallest absolute Gasteiger partial charge is 0.138 e. The average Bonchev–Trinajstić information content (AvgIpc) is 3.55. The third-order valence-electron chi connectivity index (χ3n) is 6.55. The molecule has 0 aliphatic rings. The average molecular weight is 556 g/mol. The van der Waals surface area contributed by atoms with Crippen molar-refractivity contribution in [3.8, 4) is 34.7 Å². The van der Waals surface area contributed by atoms with E-state index in [2.05, 4.69) is 41.3 Å². The van der Waals surface area contributed by atoms with Crippen molar-refractivity contribution in [3.05, 3.63) is 149 Å². The van der Waals surface area contributed by atoms with E-state index in [1.807, 2.05) is 91.0 Å². The first-order chi connectivity index (χ1) is 20.7. The molecule has 0 unspecified atom stereocenters. The van der Waals surface area contributed by atoms with E-state index in [1.165, 1.54) is 11.3 Å². The van der Waals surface area contributed by atoms with Gasteiger partial charge in [0.2, 0.25) is 0 Å². The Kier molecular flexibility index (Phi) is 8.34. The summed E-state index contributed by atoms with van der Waals surface area (Å²) in [6.07, 6.45) is 0. The highest BCUT2D eigenvalue weighted by Gasteiger charge is 2.22. The Bertz CT molecular complexity index is 1870. The third kappa shape index (κ3) is 5.58. The molecule has 4 aromatic carbocycles. The summed E-state index contributed by atoms with van der Waals surface area (Å²) in [6, 6.07) is 49.0. The molecule has 0 aliphatic heterocycles. The van der Waals surface area contributed by atoms with E-state index in [0.29, 0.717) is 10.4 Å². The van der Waals surface area contributed by atoms with Gasteiger partial charge in [0.15, 0.2) is 0 Å². The number of hydrogen-bond acceptors (Lipinski definition) is 6. The van der Waals surface area contributed by atoms with Gasteiger partial charge < -0.3 is 4.90 Å². The van der Waals surface area contributed by atoms with Crippen molar-refractivity contribution in [2.24, 2.45) is 0 Å². The monoisotopic (exact) mass is 555 g/mol. The molecule has 42 heavy (non-hydrogen) atoms. The van der Waals surface area contributed by atoms with Crippen LogP contribution in [0.5, 0.6) is 0 Å². The van der Waals surface area contributed by atoms with Gasteiger partial charge >= 0.3 is 0 Å². The van der Waals surface area contributed by atoms with Gasteiger partial charge in [0.25, 0.3) is 0 Å². The fourth-order valence-corrected chi connectivity index (χ4v) is 5.74. The first kappa shape index (κ1) is 27.4. The summed E-state index contributed by atoms with van der Waals surface area (Å²) in [4.78, 5) is 3.71. The van der Waals surface area contributed by atoms with Crippen molar-refractivity contribution in [1.29, 1.82) is 21.0 Å². The summed E-state index contributed by atoms with van der Waals surface area (Å²) in [5, 5.41) is 39.3. The van der Waals surface area contributed by atoms with Crippen molar-refractivity contribution in [2.45, 2.75) is 0 Å². The molecule has 0 radical (unpaired) electrons. The van der Waals surface area contributed by atoms with Gasteiger partial charge in [-0.25, -0.2) is 0 Å². The molecule has 0 saturated heterocycles. The number of para-hydroxylation sites is 2. The first-order valence-corrected chi connectivity index (χ1v) is 13.8. The van der Waals surface area contributed by atoms with Crippen molar-refractivity contribution in [2.75, 3.05) is 4.90 Å². The summed E-state index contributed by atoms with van der Waals surface area (Å²) in [7, 11) is 0. The molecule has 196 valence electrons. The lowest BCUT2D eigenvalue weighted by atomic mass is 9.90. The Morgan fingerprint density at radius 1 is 0.476 bits per heavy atom. The first-order valence-electron chi connectivity index (χ1n) is 12.9. The molecule has 0 bridgehead atoms. The van der Waals surface area contributed by atoms with E-state index in [-0.39, 0.29) is 22.3 Å². The van der Waals surface area contributed by atoms with E-state index in [0.717, 1.165) is 27.5 Å². The number of hydrogen-bond donors (Lipinski definition) is 0. The van der Waals surface area contributed by atoms with Crippen molar-refractivity contribution >= 4 is 39.5 Å². The predicted molar refractivity (Wildman–Crippen MR) is 167 cm³/mol. The normalized spacial score (nSPS) is 9.81. The number of thiophene rings is 1. The molecule has 0 atom stereocenters. The van der Waals surface area contributed by atoms with Gasteiger partial charge in [-0.2, -0.15) is 21.0 Å². The van der Waals surface area contributed by atoms with Crippen LogP contribution >= 0.6 is 11.3 Å². The quantitative estimate of drug-likeness (QED) is 0.147. The van der Waals surface area contributed by atoms with Crippen molar-refractivity contribution in [1.82, 2.24) is 0 Å². The number of allylic oxidation sites excluding steroid dienone is 4. The summed E-state index contributed by atoms with van der Waals surface area (Å²) in [6.45, 7) is 0. The predicted octanol–water partition coefficient (Wildman–Crippen LogP) is 9.19. The molecule has 1 aromatic heterocycles. The maximum Gasteiger partial charge on any atom is 0.138 e. The van der Waals surface area contributed by atoms with Crippen LogP contribution < -0.4 is 4.90 Å². The zero-order valence-electron chi connectivity index (χ0n) is 22.3. The second-order valence-corrected chi connectivity index (χ2v) is 10.1. The molecule has 0 N–H and O–H groups in total. The van der Waals surface area contributed by atoms with Gasteiger partial charge in [-0.1, -0.05) is 78.9 Å². The molecule has 0 spiro atoms. The highest BCUT2D eigenvalue weighted by Crippen LogP contribution is 2.42. The number of rotatable bonds is 7. The summed E-state index contributed by atoms with van der Waals surface area (Å²) in [5.41, 5.74) is 4.81. The lowest BCUT2D eigenvalue weighted by Gasteiger charge is -2.25. The second-order valence-electron chi connectivity index (χ2n) is 9.03. The Hall–Kier alpha value is -6.18. The van der Waals surface area contributed by atoms with Crippen LogP contribution in [-0.2, 0) is 0 Å². The molecule has 6 heteroatoms. The summed E-state index contributed by atoms with van der Waals surface area (Å²) < 4.78 is 0. The van der Waals surface area contributed by atoms with Crippen molar-refractivity contribution < 1.29 is 0 Å². The highest BCUT2D eigenvalue weighted by molar-refractivity contribution is 7.16. The Morgan fingerprint density at radius 2 is 0.929 bits per heavy atom. The molecule has 5 rings (SSSR count). The van der Waals surface area contributed by atoms with Gasteiger partial charge in [-0.3, -0.25) is 0 Å². The van der Waals surface area contributed by atoms with Gasteiger partial charge in [-0.05, 0) is 59.7 Å². The molecule has 0 amide bonds. The minimum atomic E-state index is -0.166. The van der Waals surface area contributed by atoms with E-state index in [1.54, 1.807) is 24.3 Å². The minimum absolute atomic E-state index is 0.165. The zero-order chi connectivity index (χ0) is 29.3. The van der Waals surface area contributed by atoms with Crippen LogP contribution in [0.25, 0.3) is 21.6 Å². The molecular weight excluding hydrogens is 534 g/mol. The van der Waals surface area contributed by atoms with Crippen LogP contribution in [0, 0.1) is 45.3 Å². The minimum Gasteiger partial charge on any atom is -0.311 e. The molecule has 5 nitrogen and oxygen atoms in total. The number of benzene rings is 4. The van der Waals surface area contributed by atoms with Crippen LogP contribution in [0.15, 0.2) is 139 Å². The highest BCUT2D eigenvalue weighted by atomic mass is 32.1. The fraction of sp³-hybridized carbons (Fsp3) is 0. The largest absolute Gasteiger partial charge is 0.311 e. The van der Waals surface area contributed by atoms with Crippen LogP contribution in [0.2, 0.25) is 0 Å². The molecular formula is C36H21N5S. The van der Waals surface area contributed by atoms with E-state index < -0.39 is 0 Å². The maximum absolute atomic E-state index is 9.86. The lowest BCUT2D eigenvalue weighted by Crippen LogP contribution is -2.09. The second kappa shape index (κ2) is 12.8. The Balaban J connectivity index is 1.58. The standard InChI is InChI=1S/C36H21N5S/c37-22-28(23-38)35(27-10-4-1-5-11-27)36(29(24-39)25-40)34-21-20-33(42-34)26-16-18-32(19-17-26)41(30-12-6-2-7-13-30)31-14-8-3-9-15-31/h1-21H. The van der Waals surface area contributed by atoms with E-state index >= 15 is 0 Å². The van der Waals surface area contributed by atoms with Gasteiger partial charge in [0.1, 0.15) is 35.4 Å². The SMILES string of the molecule is N#CC(C#N)=C(C(=C(C#N)C#N)c1ccc(-c2ccc(N(c3ccccc3)c3ccccc3)cc2)s1)c1ccccc1. The molecule has 5 aromatic rings. The van der Waals surface area contributed by atoms with E-state index in [9.17, 15) is 21.0 Å². The van der Waals surface area contributed by atoms with Gasteiger partial charge in [0, 0.05) is 38.0 Å². The topological polar surface area (TPSA) is 98.4 Å². The van der Waals surface area contributed by atoms with E-state index in [4.69, 9.17) is 0 Å². The van der Waals surface area contributed by atoms with Crippen LogP contribution in [0.4, 0.5) is 17.1 Å².